The van der Waals surface area contributed by atoms with Gasteiger partial charge in [0.15, 0.2) is 0 Å². The molecule has 72 valence electrons. The number of hydrogen-bond donors (Lipinski definition) is 0. The summed E-state index contributed by atoms with van der Waals surface area (Å²) in [6.45, 7) is 1.53. The molecular weight excluding hydrogens is 182 g/mol. The van der Waals surface area contributed by atoms with Crippen LogP contribution in [0.1, 0.15) is 39.0 Å². The first-order valence-corrected chi connectivity index (χ1v) is 5.01. The van der Waals surface area contributed by atoms with Crippen molar-refractivity contribution in [3.63, 3.8) is 0 Å². The molecule has 0 saturated heterocycles. The molecule has 0 radical (unpaired) electrons. The molecule has 1 rings (SSSR count). The van der Waals surface area contributed by atoms with Crippen LogP contribution in [0.2, 0.25) is 0 Å². The van der Waals surface area contributed by atoms with Crippen molar-refractivity contribution in [3.8, 4) is 0 Å². The Labute approximate surface area is 77.3 Å². The van der Waals surface area contributed by atoms with Gasteiger partial charge in [-0.15, -0.1) is 11.6 Å². The van der Waals surface area contributed by atoms with Gasteiger partial charge in [0.05, 0.1) is 0 Å². The third kappa shape index (κ3) is 2.09. The molecule has 0 spiro atoms. The highest BCUT2D eigenvalue weighted by molar-refractivity contribution is 6.18. The van der Waals surface area contributed by atoms with Gasteiger partial charge >= 0.3 is 0 Å². The van der Waals surface area contributed by atoms with Crippen molar-refractivity contribution in [2.75, 3.05) is 5.88 Å². The maximum atomic E-state index is 13.0. The van der Waals surface area contributed by atoms with Crippen molar-refractivity contribution >= 4 is 11.6 Å². The molecule has 0 aliphatic heterocycles. The molecule has 0 amide bonds. The summed E-state index contributed by atoms with van der Waals surface area (Å²) in [6.07, 6.45) is 2.75. The van der Waals surface area contributed by atoms with Crippen LogP contribution in [0.5, 0.6) is 0 Å². The summed E-state index contributed by atoms with van der Waals surface area (Å²) in [7, 11) is 0. The minimum atomic E-state index is -2.50. The summed E-state index contributed by atoms with van der Waals surface area (Å²) in [5.74, 6) is -2.11. The lowest BCUT2D eigenvalue weighted by Crippen LogP contribution is -2.37. The van der Waals surface area contributed by atoms with Gasteiger partial charge in [0.2, 0.25) is 5.92 Å². The van der Waals surface area contributed by atoms with E-state index in [4.69, 9.17) is 11.6 Å². The van der Waals surface area contributed by atoms with Crippen molar-refractivity contribution in [2.45, 2.75) is 45.0 Å². The van der Waals surface area contributed by atoms with Crippen molar-refractivity contribution < 1.29 is 8.78 Å². The largest absolute Gasteiger partial charge is 0.248 e. The lowest BCUT2D eigenvalue weighted by molar-refractivity contribution is -0.0644. The molecule has 1 fully saturated rings. The third-order valence-electron chi connectivity index (χ3n) is 2.85. The average molecular weight is 197 g/mol. The second-order valence-electron chi connectivity index (χ2n) is 3.87. The molecule has 1 aliphatic rings. The molecule has 0 bridgehead atoms. The minimum Gasteiger partial charge on any atom is -0.207 e. The molecule has 12 heavy (non-hydrogen) atoms. The van der Waals surface area contributed by atoms with E-state index in [0.29, 0.717) is 5.88 Å². The number of hydrogen-bond acceptors (Lipinski definition) is 0. The molecule has 1 aliphatic carbocycles. The van der Waals surface area contributed by atoms with Crippen LogP contribution in [0.4, 0.5) is 8.78 Å². The zero-order valence-electron chi connectivity index (χ0n) is 7.38. The maximum Gasteiger partial charge on any atom is 0.248 e. The quantitative estimate of drug-likeness (QED) is 0.600. The van der Waals surface area contributed by atoms with E-state index in [1.807, 2.05) is 0 Å². The molecule has 0 nitrogen and oxygen atoms in total. The average Bonchev–Trinajstić information content (AvgIpc) is 1.97. The van der Waals surface area contributed by atoms with Crippen molar-refractivity contribution in [1.29, 1.82) is 0 Å². The van der Waals surface area contributed by atoms with E-state index >= 15 is 0 Å². The summed E-state index contributed by atoms with van der Waals surface area (Å²) in [6, 6.07) is 0. The highest BCUT2D eigenvalue weighted by atomic mass is 35.5. The molecule has 0 aromatic heterocycles. The standard InChI is InChI=1S/C9H15ClF2/c1-2-9(11,12)6-8(7-10)4-3-5-8/h2-7H2,1H3. The lowest BCUT2D eigenvalue weighted by Gasteiger charge is -2.42. The van der Waals surface area contributed by atoms with E-state index in [0.717, 1.165) is 19.3 Å². The third-order valence-corrected chi connectivity index (χ3v) is 3.42. The van der Waals surface area contributed by atoms with Crippen molar-refractivity contribution in [1.82, 2.24) is 0 Å². The van der Waals surface area contributed by atoms with Gasteiger partial charge in [0, 0.05) is 18.7 Å². The summed E-state index contributed by atoms with van der Waals surface area (Å²) in [4.78, 5) is 0. The fourth-order valence-electron chi connectivity index (χ4n) is 1.71. The summed E-state index contributed by atoms with van der Waals surface area (Å²) in [5, 5.41) is 0. The summed E-state index contributed by atoms with van der Waals surface area (Å²) < 4.78 is 26.0. The van der Waals surface area contributed by atoms with Crippen molar-refractivity contribution in [2.24, 2.45) is 5.41 Å². The first kappa shape index (κ1) is 10.2. The maximum absolute atomic E-state index is 13.0. The van der Waals surface area contributed by atoms with E-state index in [-0.39, 0.29) is 18.3 Å². The van der Waals surface area contributed by atoms with E-state index in [1.165, 1.54) is 6.92 Å². The van der Waals surface area contributed by atoms with E-state index in [9.17, 15) is 8.78 Å². The molecular formula is C9H15ClF2. The normalized spacial score (nSPS) is 22.0. The van der Waals surface area contributed by atoms with Gasteiger partial charge < -0.3 is 0 Å². The first-order chi connectivity index (χ1) is 5.54. The van der Waals surface area contributed by atoms with Gasteiger partial charge in [-0.05, 0) is 18.3 Å². The van der Waals surface area contributed by atoms with Crippen LogP contribution in [0, 0.1) is 5.41 Å². The Bertz CT molecular complexity index is 147. The molecule has 0 unspecified atom stereocenters. The Kier molecular flexibility index (Phi) is 2.97. The van der Waals surface area contributed by atoms with Crippen LogP contribution in [0.15, 0.2) is 0 Å². The number of rotatable bonds is 4. The second-order valence-corrected chi connectivity index (χ2v) is 4.14. The highest BCUT2D eigenvalue weighted by Gasteiger charge is 2.44. The zero-order valence-corrected chi connectivity index (χ0v) is 8.13. The van der Waals surface area contributed by atoms with E-state index < -0.39 is 5.92 Å². The van der Waals surface area contributed by atoms with Crippen LogP contribution in [0.25, 0.3) is 0 Å². The predicted octanol–water partition coefficient (Wildman–Crippen LogP) is 3.83. The minimum absolute atomic E-state index is 0.0139. The molecule has 0 aromatic carbocycles. The van der Waals surface area contributed by atoms with Crippen LogP contribution in [0.3, 0.4) is 0 Å². The van der Waals surface area contributed by atoms with Gasteiger partial charge in [-0.25, -0.2) is 8.78 Å². The van der Waals surface area contributed by atoms with Crippen LogP contribution >= 0.6 is 11.6 Å². The fourth-order valence-corrected chi connectivity index (χ4v) is 2.07. The predicted molar refractivity (Wildman–Crippen MR) is 46.9 cm³/mol. The SMILES string of the molecule is CCC(F)(F)CC1(CCl)CCC1. The molecule has 0 N–H and O–H groups in total. The Balaban J connectivity index is 2.47. The van der Waals surface area contributed by atoms with Gasteiger partial charge in [-0.3, -0.25) is 0 Å². The Morgan fingerprint density at radius 3 is 2.25 bits per heavy atom. The van der Waals surface area contributed by atoms with Gasteiger partial charge in [0.25, 0.3) is 0 Å². The van der Waals surface area contributed by atoms with Gasteiger partial charge in [-0.2, -0.15) is 0 Å². The van der Waals surface area contributed by atoms with E-state index in [1.54, 1.807) is 0 Å². The molecule has 0 aromatic rings. The number of halogens is 3. The second kappa shape index (κ2) is 3.49. The van der Waals surface area contributed by atoms with Crippen LogP contribution < -0.4 is 0 Å². The topological polar surface area (TPSA) is 0 Å². The Hall–Kier alpha value is 0.150. The summed E-state index contributed by atoms with van der Waals surface area (Å²) in [5.41, 5.74) is -0.235. The Morgan fingerprint density at radius 1 is 1.42 bits per heavy atom. The van der Waals surface area contributed by atoms with E-state index in [2.05, 4.69) is 0 Å². The summed E-state index contributed by atoms with van der Waals surface area (Å²) >= 11 is 5.69. The molecule has 1 saturated carbocycles. The lowest BCUT2D eigenvalue weighted by atomic mass is 9.66. The molecule has 3 heteroatoms. The smallest absolute Gasteiger partial charge is 0.207 e. The molecule has 0 atom stereocenters. The van der Waals surface area contributed by atoms with Gasteiger partial charge in [-0.1, -0.05) is 13.3 Å². The Morgan fingerprint density at radius 2 is 2.00 bits per heavy atom. The van der Waals surface area contributed by atoms with Crippen molar-refractivity contribution in [3.05, 3.63) is 0 Å². The monoisotopic (exact) mass is 196 g/mol. The fraction of sp³-hybridized carbons (Fsp3) is 1.00. The first-order valence-electron chi connectivity index (χ1n) is 4.47. The van der Waals surface area contributed by atoms with Crippen LogP contribution in [-0.4, -0.2) is 11.8 Å². The molecule has 0 heterocycles. The highest BCUT2D eigenvalue weighted by Crippen LogP contribution is 2.49. The number of alkyl halides is 3. The van der Waals surface area contributed by atoms with Crippen LogP contribution in [-0.2, 0) is 0 Å². The zero-order chi connectivity index (χ0) is 9.24. The van der Waals surface area contributed by atoms with Gasteiger partial charge in [0.1, 0.15) is 0 Å².